The van der Waals surface area contributed by atoms with Gasteiger partial charge in [0.25, 0.3) is 0 Å². The Labute approximate surface area is 279 Å². The maximum Gasteiger partial charge on any atom is 0.416 e. The summed E-state index contributed by atoms with van der Waals surface area (Å²) in [7, 11) is 0. The van der Waals surface area contributed by atoms with Gasteiger partial charge in [0.15, 0.2) is 11.5 Å². The van der Waals surface area contributed by atoms with Gasteiger partial charge in [0, 0.05) is 0 Å². The first-order valence-electron chi connectivity index (χ1n) is 13.4. The van der Waals surface area contributed by atoms with E-state index in [-0.39, 0.29) is 11.1 Å². The van der Waals surface area contributed by atoms with Crippen molar-refractivity contribution in [1.29, 1.82) is 0 Å². The van der Waals surface area contributed by atoms with Crippen molar-refractivity contribution in [3.05, 3.63) is 102 Å². The van der Waals surface area contributed by atoms with Crippen LogP contribution in [0.3, 0.4) is 0 Å². The third-order valence-corrected chi connectivity index (χ3v) is 7.32. The van der Waals surface area contributed by atoms with Crippen LogP contribution in [0.2, 0.25) is 10.0 Å². The Hall–Kier alpha value is -4.90. The molecule has 9 nitrogen and oxygen atoms in total. The third-order valence-electron chi connectivity index (χ3n) is 6.60. The summed E-state index contributed by atoms with van der Waals surface area (Å²) in [5.41, 5.74) is -5.18. The van der Waals surface area contributed by atoms with Crippen LogP contribution in [0.25, 0.3) is 22.3 Å². The molecule has 0 aromatic heterocycles. The molecule has 0 bridgehead atoms. The lowest BCUT2D eigenvalue weighted by atomic mass is 10.00. The molecule has 260 valence electrons. The van der Waals surface area contributed by atoms with Gasteiger partial charge in [0.05, 0.1) is 32.1 Å². The standard InChI is InChI=1S/C30H18Cl2F8N2O7/c31-23-21(13-19(25(41(43)44)27(23)47-11-9-33)15-1-5-17(6-2-15)29(35,36)37)49-22-14-20(16-3-7-18(8-4-16)30(38,39)40)26(42(45)46)28(24(22)32)48-12-10-34/h1-8,13-14H,9-12H2. The monoisotopic (exact) mass is 740 g/mol. The number of benzene rings is 4. The van der Waals surface area contributed by atoms with Crippen LogP contribution in [-0.2, 0) is 12.4 Å². The number of halogens is 10. The van der Waals surface area contributed by atoms with Crippen molar-refractivity contribution < 1.29 is 59.2 Å². The van der Waals surface area contributed by atoms with Crippen LogP contribution in [0.1, 0.15) is 11.1 Å². The van der Waals surface area contributed by atoms with Crippen molar-refractivity contribution in [2.45, 2.75) is 12.4 Å². The number of alkyl halides is 8. The number of hydrogen-bond acceptors (Lipinski definition) is 7. The molecule has 19 heteroatoms. The van der Waals surface area contributed by atoms with Gasteiger partial charge in [-0.15, -0.1) is 0 Å². The molecule has 0 aliphatic rings. The van der Waals surface area contributed by atoms with Crippen molar-refractivity contribution in [3.8, 4) is 45.3 Å². The first kappa shape index (κ1) is 36.9. The lowest BCUT2D eigenvalue weighted by molar-refractivity contribution is -0.385. The van der Waals surface area contributed by atoms with Gasteiger partial charge in [-0.1, -0.05) is 47.5 Å². The van der Waals surface area contributed by atoms with Gasteiger partial charge in [-0.3, -0.25) is 20.2 Å². The van der Waals surface area contributed by atoms with E-state index in [0.29, 0.717) is 24.3 Å². The Balaban J connectivity index is 1.99. The number of rotatable bonds is 12. The van der Waals surface area contributed by atoms with Crippen molar-refractivity contribution in [2.75, 3.05) is 26.6 Å². The Kier molecular flexibility index (Phi) is 11.1. The lowest BCUT2D eigenvalue weighted by Gasteiger charge is -2.18. The van der Waals surface area contributed by atoms with Crippen LogP contribution in [0.15, 0.2) is 60.7 Å². The second-order valence-electron chi connectivity index (χ2n) is 9.67. The number of ether oxygens (including phenoxy) is 3. The van der Waals surface area contributed by atoms with Crippen LogP contribution in [0, 0.1) is 20.2 Å². The molecular formula is C30H18Cl2F8N2O7. The van der Waals surface area contributed by atoms with E-state index in [2.05, 4.69) is 0 Å². The Morgan fingerprint density at radius 3 is 1.20 bits per heavy atom. The van der Waals surface area contributed by atoms with Crippen molar-refractivity contribution >= 4 is 34.6 Å². The highest BCUT2D eigenvalue weighted by Crippen LogP contribution is 2.53. The second kappa shape index (κ2) is 14.7. The smallest absolute Gasteiger partial charge is 0.416 e. The fraction of sp³-hybridized carbons (Fsp3) is 0.200. The molecule has 0 aliphatic carbocycles. The maximum absolute atomic E-state index is 13.2. The van der Waals surface area contributed by atoms with E-state index in [9.17, 15) is 55.4 Å². The summed E-state index contributed by atoms with van der Waals surface area (Å²) in [4.78, 5) is 22.4. The first-order valence-corrected chi connectivity index (χ1v) is 14.2. The van der Waals surface area contributed by atoms with Gasteiger partial charge in [-0.25, -0.2) is 8.78 Å². The zero-order valence-electron chi connectivity index (χ0n) is 24.1. The summed E-state index contributed by atoms with van der Waals surface area (Å²) >= 11 is 12.8. The highest BCUT2D eigenvalue weighted by atomic mass is 35.5. The predicted octanol–water partition coefficient (Wildman–Crippen LogP) is 10.7. The molecule has 0 fully saturated rings. The molecule has 0 atom stereocenters. The van der Waals surface area contributed by atoms with E-state index in [0.717, 1.165) is 36.4 Å². The van der Waals surface area contributed by atoms with Crippen LogP contribution in [0.5, 0.6) is 23.0 Å². The fourth-order valence-electron chi connectivity index (χ4n) is 4.49. The normalized spacial score (nSPS) is 11.7. The van der Waals surface area contributed by atoms with Gasteiger partial charge in [0.1, 0.15) is 36.6 Å². The SMILES string of the molecule is O=[N+]([O-])c1c(-c2ccc(C(F)(F)F)cc2)cc(Oc2cc(-c3ccc(C(F)(F)F)cc3)c([N+](=O)[O-])c(OCCF)c2Cl)c(Cl)c1OCCF. The molecule has 49 heavy (non-hydrogen) atoms. The Bertz CT molecular complexity index is 1740. The van der Waals surface area contributed by atoms with E-state index >= 15 is 0 Å². The van der Waals surface area contributed by atoms with Crippen molar-refractivity contribution in [2.24, 2.45) is 0 Å². The molecule has 4 aromatic rings. The summed E-state index contributed by atoms with van der Waals surface area (Å²) in [5.74, 6) is -2.65. The molecule has 0 unspecified atom stereocenters. The van der Waals surface area contributed by atoms with Crippen LogP contribution in [0.4, 0.5) is 46.5 Å². The van der Waals surface area contributed by atoms with Crippen LogP contribution in [-0.4, -0.2) is 36.4 Å². The first-order chi connectivity index (χ1) is 23.0. The second-order valence-corrected chi connectivity index (χ2v) is 10.4. The molecule has 0 saturated heterocycles. The maximum atomic E-state index is 13.2. The highest BCUT2D eigenvalue weighted by molar-refractivity contribution is 6.35. The van der Waals surface area contributed by atoms with E-state index in [1.807, 2.05) is 0 Å². The Morgan fingerprint density at radius 1 is 0.612 bits per heavy atom. The van der Waals surface area contributed by atoms with E-state index in [1.54, 1.807) is 0 Å². The fourth-order valence-corrected chi connectivity index (χ4v) is 4.97. The minimum Gasteiger partial charge on any atom is -0.483 e. The quantitative estimate of drug-likeness (QED) is 0.0807. The van der Waals surface area contributed by atoms with E-state index < -0.39 is 115 Å². The molecule has 4 rings (SSSR count). The van der Waals surface area contributed by atoms with E-state index in [4.69, 9.17) is 37.4 Å². The number of nitro groups is 2. The molecule has 0 heterocycles. The molecule has 0 aliphatic heterocycles. The number of nitro benzene ring substituents is 2. The molecule has 0 N–H and O–H groups in total. The summed E-state index contributed by atoms with van der Waals surface area (Å²) < 4.78 is 122. The summed E-state index contributed by atoms with van der Waals surface area (Å²) in [6.45, 7) is -3.86. The minimum atomic E-state index is -4.76. The van der Waals surface area contributed by atoms with Gasteiger partial charge in [-0.05, 0) is 47.5 Å². The van der Waals surface area contributed by atoms with E-state index in [1.165, 1.54) is 0 Å². The average molecular weight is 741 g/mol. The average Bonchev–Trinajstić information content (AvgIpc) is 3.03. The van der Waals surface area contributed by atoms with Gasteiger partial charge in [-0.2, -0.15) is 26.3 Å². The Morgan fingerprint density at radius 2 is 0.939 bits per heavy atom. The molecule has 0 radical (unpaired) electrons. The zero-order chi connectivity index (χ0) is 36.3. The summed E-state index contributed by atoms with van der Waals surface area (Å²) in [6.07, 6.45) is -9.51. The number of hydrogen-bond donors (Lipinski definition) is 0. The largest absolute Gasteiger partial charge is 0.483 e. The molecule has 0 saturated carbocycles. The van der Waals surface area contributed by atoms with Crippen LogP contribution >= 0.6 is 23.2 Å². The number of nitrogens with zero attached hydrogens (tertiary/aromatic N) is 2. The molecular weight excluding hydrogens is 723 g/mol. The van der Waals surface area contributed by atoms with Gasteiger partial charge >= 0.3 is 23.7 Å². The van der Waals surface area contributed by atoms with Crippen LogP contribution < -0.4 is 14.2 Å². The minimum absolute atomic E-state index is 0.182. The molecule has 0 spiro atoms. The van der Waals surface area contributed by atoms with Crippen molar-refractivity contribution in [3.63, 3.8) is 0 Å². The van der Waals surface area contributed by atoms with Crippen molar-refractivity contribution in [1.82, 2.24) is 0 Å². The highest BCUT2D eigenvalue weighted by Gasteiger charge is 2.35. The van der Waals surface area contributed by atoms with Gasteiger partial charge < -0.3 is 14.2 Å². The predicted molar refractivity (Wildman–Crippen MR) is 160 cm³/mol. The third kappa shape index (κ3) is 8.05. The zero-order valence-corrected chi connectivity index (χ0v) is 25.6. The summed E-state index contributed by atoms with van der Waals surface area (Å²) in [6, 6.07) is 7.92. The topological polar surface area (TPSA) is 114 Å². The molecule has 0 amide bonds. The molecule has 4 aromatic carbocycles. The lowest BCUT2D eigenvalue weighted by Crippen LogP contribution is -2.07. The van der Waals surface area contributed by atoms with Gasteiger partial charge in [0.2, 0.25) is 11.5 Å². The summed E-state index contributed by atoms with van der Waals surface area (Å²) in [5, 5.41) is 23.0.